The van der Waals surface area contributed by atoms with Gasteiger partial charge in [-0.1, -0.05) is 6.92 Å². The van der Waals surface area contributed by atoms with Gasteiger partial charge in [-0.05, 0) is 32.0 Å². The molecule has 1 aromatic rings. The van der Waals surface area contributed by atoms with E-state index in [1.54, 1.807) is 19.1 Å². The number of thiophene rings is 1. The van der Waals surface area contributed by atoms with Crippen LogP contribution in [0, 0.1) is 0 Å². The molecule has 0 aliphatic carbocycles. The summed E-state index contributed by atoms with van der Waals surface area (Å²) in [5, 5.41) is 3.14. The Morgan fingerprint density at radius 3 is 2.67 bits per heavy atom. The first-order valence-electron chi connectivity index (χ1n) is 6.70. The van der Waals surface area contributed by atoms with Gasteiger partial charge in [0.15, 0.2) is 9.84 Å². The van der Waals surface area contributed by atoms with Crippen molar-refractivity contribution in [1.82, 2.24) is 10.0 Å². The van der Waals surface area contributed by atoms with Crippen LogP contribution in [0.25, 0.3) is 0 Å². The molecule has 1 aromatic heterocycles. The van der Waals surface area contributed by atoms with Gasteiger partial charge in [-0.3, -0.25) is 0 Å². The van der Waals surface area contributed by atoms with Crippen molar-refractivity contribution in [3.8, 4) is 0 Å². The lowest BCUT2D eigenvalue weighted by molar-refractivity contribution is 0.462. The van der Waals surface area contributed by atoms with Gasteiger partial charge in [0.25, 0.3) is 10.0 Å². The van der Waals surface area contributed by atoms with Crippen molar-refractivity contribution >= 4 is 31.2 Å². The molecule has 1 aliphatic rings. The number of rotatable bonds is 6. The number of hydrogen-bond acceptors (Lipinski definition) is 6. The molecular weight excluding hydrogens is 332 g/mol. The summed E-state index contributed by atoms with van der Waals surface area (Å²) in [6, 6.07) is 3.34. The van der Waals surface area contributed by atoms with Gasteiger partial charge in [0.2, 0.25) is 0 Å². The van der Waals surface area contributed by atoms with E-state index in [-0.39, 0.29) is 15.7 Å². The Labute approximate surface area is 129 Å². The smallest absolute Gasteiger partial charge is 0.250 e. The lowest BCUT2D eigenvalue weighted by atomic mass is 10.0. The van der Waals surface area contributed by atoms with Crippen LogP contribution in [0.4, 0.5) is 0 Å². The molecule has 0 spiro atoms. The van der Waals surface area contributed by atoms with Gasteiger partial charge in [-0.15, -0.1) is 11.3 Å². The standard InChI is InChI=1S/C12H20N2O4S3/c1-3-13-8-10-4-5-11(19-10)21(17,18)14-12(2)6-7-20(15,16)9-12/h4-5,13-14H,3,6-9H2,1-2H3. The topological polar surface area (TPSA) is 92.3 Å². The second kappa shape index (κ2) is 5.96. The summed E-state index contributed by atoms with van der Waals surface area (Å²) in [5.41, 5.74) is -0.913. The largest absolute Gasteiger partial charge is 0.312 e. The molecule has 9 heteroatoms. The molecular formula is C12H20N2O4S3. The van der Waals surface area contributed by atoms with E-state index in [0.29, 0.717) is 13.0 Å². The van der Waals surface area contributed by atoms with Gasteiger partial charge >= 0.3 is 0 Å². The fraction of sp³-hybridized carbons (Fsp3) is 0.667. The van der Waals surface area contributed by atoms with Crippen LogP contribution in [0.1, 0.15) is 25.1 Å². The van der Waals surface area contributed by atoms with Crippen LogP contribution in [0.5, 0.6) is 0 Å². The summed E-state index contributed by atoms with van der Waals surface area (Å²) >= 11 is 1.20. The SMILES string of the molecule is CCNCc1ccc(S(=O)(=O)NC2(C)CCS(=O)(=O)C2)s1. The van der Waals surface area contributed by atoms with Crippen molar-refractivity contribution in [1.29, 1.82) is 0 Å². The van der Waals surface area contributed by atoms with E-state index in [1.165, 1.54) is 11.3 Å². The van der Waals surface area contributed by atoms with Gasteiger partial charge in [0, 0.05) is 17.0 Å². The quantitative estimate of drug-likeness (QED) is 0.787. The zero-order valence-corrected chi connectivity index (χ0v) is 14.5. The molecule has 0 radical (unpaired) electrons. The Bertz CT molecular complexity index is 709. The summed E-state index contributed by atoms with van der Waals surface area (Å²) in [6.07, 6.45) is 0.310. The fourth-order valence-electron chi connectivity index (χ4n) is 2.31. The zero-order valence-electron chi connectivity index (χ0n) is 12.0. The van der Waals surface area contributed by atoms with E-state index < -0.39 is 25.4 Å². The highest BCUT2D eigenvalue weighted by Gasteiger charge is 2.41. The number of sulfone groups is 1. The second-order valence-electron chi connectivity index (χ2n) is 5.51. The van der Waals surface area contributed by atoms with Gasteiger partial charge in [0.1, 0.15) is 4.21 Å². The predicted molar refractivity (Wildman–Crippen MR) is 83.7 cm³/mol. The van der Waals surface area contributed by atoms with E-state index in [4.69, 9.17) is 0 Å². The van der Waals surface area contributed by atoms with E-state index in [1.807, 2.05) is 6.92 Å². The highest BCUT2D eigenvalue weighted by molar-refractivity contribution is 7.92. The Morgan fingerprint density at radius 1 is 1.38 bits per heavy atom. The van der Waals surface area contributed by atoms with Crippen LogP contribution in [0.2, 0.25) is 0 Å². The Balaban J connectivity index is 2.13. The van der Waals surface area contributed by atoms with E-state index in [9.17, 15) is 16.8 Å². The minimum absolute atomic E-state index is 0.0299. The highest BCUT2D eigenvalue weighted by atomic mass is 32.2. The molecule has 0 aromatic carbocycles. The number of hydrogen-bond donors (Lipinski definition) is 2. The minimum Gasteiger partial charge on any atom is -0.312 e. The average Bonchev–Trinajstić information content (AvgIpc) is 2.91. The predicted octanol–water partition coefficient (Wildman–Crippen LogP) is 0.713. The molecule has 1 atom stereocenters. The first-order valence-corrected chi connectivity index (χ1v) is 10.8. The lowest BCUT2D eigenvalue weighted by Gasteiger charge is -2.22. The second-order valence-corrected chi connectivity index (χ2v) is 10.8. The normalized spacial score (nSPS) is 25.2. The van der Waals surface area contributed by atoms with Gasteiger partial charge in [-0.25, -0.2) is 21.6 Å². The maximum Gasteiger partial charge on any atom is 0.250 e. The lowest BCUT2D eigenvalue weighted by Crippen LogP contribution is -2.46. The Hall–Kier alpha value is -0.480. The number of nitrogens with one attached hydrogen (secondary N) is 2. The van der Waals surface area contributed by atoms with Crippen molar-refractivity contribution in [2.24, 2.45) is 0 Å². The van der Waals surface area contributed by atoms with Gasteiger partial charge < -0.3 is 5.32 Å². The van der Waals surface area contributed by atoms with Gasteiger partial charge in [-0.2, -0.15) is 0 Å². The summed E-state index contributed by atoms with van der Waals surface area (Å²) in [6.45, 7) is 5.06. The molecule has 0 saturated carbocycles. The van der Waals surface area contributed by atoms with Crippen molar-refractivity contribution in [3.63, 3.8) is 0 Å². The minimum atomic E-state index is -3.68. The van der Waals surface area contributed by atoms with Crippen LogP contribution in [0.3, 0.4) is 0 Å². The molecule has 1 saturated heterocycles. The average molecular weight is 353 g/mol. The molecule has 2 rings (SSSR count). The van der Waals surface area contributed by atoms with Crippen LogP contribution >= 0.6 is 11.3 Å². The summed E-state index contributed by atoms with van der Waals surface area (Å²) in [4.78, 5) is 0.932. The van der Waals surface area contributed by atoms with E-state index in [0.717, 1.165) is 11.4 Å². The molecule has 0 bridgehead atoms. The summed E-state index contributed by atoms with van der Waals surface area (Å²) < 4.78 is 50.6. The monoisotopic (exact) mass is 352 g/mol. The van der Waals surface area contributed by atoms with Crippen molar-refractivity contribution in [2.45, 2.75) is 36.6 Å². The molecule has 1 unspecified atom stereocenters. The molecule has 21 heavy (non-hydrogen) atoms. The fourth-order valence-corrected chi connectivity index (χ4v) is 7.26. The van der Waals surface area contributed by atoms with Crippen molar-refractivity contribution in [3.05, 3.63) is 17.0 Å². The van der Waals surface area contributed by atoms with E-state index >= 15 is 0 Å². The molecule has 6 nitrogen and oxygen atoms in total. The Morgan fingerprint density at radius 2 is 2.10 bits per heavy atom. The third kappa shape index (κ3) is 4.26. The van der Waals surface area contributed by atoms with Crippen LogP contribution in [-0.4, -0.2) is 40.4 Å². The number of sulfonamides is 1. The third-order valence-corrected chi connectivity index (χ3v) is 8.45. The molecule has 2 heterocycles. The third-order valence-electron chi connectivity index (χ3n) is 3.34. The molecule has 0 amide bonds. The maximum absolute atomic E-state index is 12.4. The zero-order chi connectivity index (χ0) is 15.7. The first kappa shape index (κ1) is 16.9. The van der Waals surface area contributed by atoms with Gasteiger partial charge in [0.05, 0.1) is 11.5 Å². The highest BCUT2D eigenvalue weighted by Crippen LogP contribution is 2.27. The summed E-state index contributed by atoms with van der Waals surface area (Å²) in [7, 11) is -6.83. The van der Waals surface area contributed by atoms with Crippen molar-refractivity contribution in [2.75, 3.05) is 18.1 Å². The van der Waals surface area contributed by atoms with Crippen LogP contribution in [0.15, 0.2) is 16.3 Å². The Kier molecular flexibility index (Phi) is 4.79. The van der Waals surface area contributed by atoms with E-state index in [2.05, 4.69) is 10.0 Å². The summed E-state index contributed by atoms with van der Waals surface area (Å²) in [5.74, 6) is -0.114. The van der Waals surface area contributed by atoms with Crippen LogP contribution in [-0.2, 0) is 26.4 Å². The molecule has 2 N–H and O–H groups in total. The van der Waals surface area contributed by atoms with Crippen LogP contribution < -0.4 is 10.0 Å². The molecule has 120 valence electrons. The maximum atomic E-state index is 12.4. The van der Waals surface area contributed by atoms with Crippen molar-refractivity contribution < 1.29 is 16.8 Å². The molecule has 1 aliphatic heterocycles. The molecule has 1 fully saturated rings. The first-order chi connectivity index (χ1) is 9.66.